The Morgan fingerprint density at radius 3 is 2.84 bits per heavy atom. The van der Waals surface area contributed by atoms with Gasteiger partial charge in [-0.1, -0.05) is 42.3 Å². The monoisotopic (exact) mass is 341 g/mol. The lowest BCUT2D eigenvalue weighted by Gasteiger charge is -2.28. The number of carbonyl (C=O) groups is 1. The van der Waals surface area contributed by atoms with Gasteiger partial charge in [-0.05, 0) is 30.4 Å². The van der Waals surface area contributed by atoms with Crippen molar-refractivity contribution in [1.82, 2.24) is 20.4 Å². The average Bonchev–Trinajstić information content (AvgIpc) is 3.29. The summed E-state index contributed by atoms with van der Waals surface area (Å²) in [6.45, 7) is 1.56. The molecule has 7 heteroatoms. The van der Waals surface area contributed by atoms with Crippen LogP contribution in [0.25, 0.3) is 0 Å². The Kier molecular flexibility index (Phi) is 4.17. The van der Waals surface area contributed by atoms with Crippen LogP contribution in [-0.4, -0.2) is 27.6 Å². The molecule has 2 aliphatic rings. The largest absolute Gasteiger partial charge is 0.337 e. The second kappa shape index (κ2) is 6.48. The molecular weight excluding hydrogens is 318 g/mol. The van der Waals surface area contributed by atoms with E-state index in [0.717, 1.165) is 32.1 Å². The summed E-state index contributed by atoms with van der Waals surface area (Å²) in [5.41, 5.74) is 8.38. The van der Waals surface area contributed by atoms with Crippen molar-refractivity contribution in [3.05, 3.63) is 47.1 Å². The molecule has 0 radical (unpaired) electrons. The van der Waals surface area contributed by atoms with E-state index in [1.807, 2.05) is 12.1 Å². The molecule has 2 aromatic rings. The summed E-state index contributed by atoms with van der Waals surface area (Å²) in [6, 6.07) is 8.12. The molecule has 2 amide bonds. The van der Waals surface area contributed by atoms with Crippen molar-refractivity contribution in [2.45, 2.75) is 50.7 Å². The minimum Gasteiger partial charge on any atom is -0.337 e. The minimum atomic E-state index is -0.470. The standard InChI is InChI=1S/C18H23N5O2/c19-18(8-3-4-9-18)16-21-15(25-22-16)11-20-17(24)23-10-7-13-5-1-2-6-14(13)12-23/h1-2,5-6H,3-4,7-12,19H2,(H,20,24). The highest BCUT2D eigenvalue weighted by atomic mass is 16.5. The van der Waals surface area contributed by atoms with Crippen molar-refractivity contribution in [2.24, 2.45) is 5.73 Å². The Morgan fingerprint density at radius 2 is 2.04 bits per heavy atom. The van der Waals surface area contributed by atoms with Crippen molar-refractivity contribution in [2.75, 3.05) is 6.54 Å². The number of urea groups is 1. The van der Waals surface area contributed by atoms with Crippen molar-refractivity contribution >= 4 is 6.03 Å². The molecule has 1 saturated carbocycles. The zero-order chi connectivity index (χ0) is 17.3. The van der Waals surface area contributed by atoms with Crippen LogP contribution >= 0.6 is 0 Å². The van der Waals surface area contributed by atoms with Gasteiger partial charge in [-0.2, -0.15) is 4.98 Å². The first-order chi connectivity index (χ1) is 12.1. The summed E-state index contributed by atoms with van der Waals surface area (Å²) < 4.78 is 5.26. The van der Waals surface area contributed by atoms with Gasteiger partial charge in [-0.15, -0.1) is 0 Å². The number of nitrogens with one attached hydrogen (secondary N) is 1. The second-order valence-corrected chi connectivity index (χ2v) is 6.97. The summed E-state index contributed by atoms with van der Waals surface area (Å²) >= 11 is 0. The van der Waals surface area contributed by atoms with Crippen LogP contribution in [0.5, 0.6) is 0 Å². The number of hydrogen-bond acceptors (Lipinski definition) is 5. The third-order valence-electron chi connectivity index (χ3n) is 5.22. The lowest BCUT2D eigenvalue weighted by atomic mass is 9.99. The maximum Gasteiger partial charge on any atom is 0.318 e. The number of benzene rings is 1. The van der Waals surface area contributed by atoms with E-state index >= 15 is 0 Å². The fraction of sp³-hybridized carbons (Fsp3) is 0.500. The highest BCUT2D eigenvalue weighted by molar-refractivity contribution is 5.74. The first-order valence-electron chi connectivity index (χ1n) is 8.86. The van der Waals surface area contributed by atoms with Gasteiger partial charge >= 0.3 is 6.03 Å². The molecule has 1 fully saturated rings. The van der Waals surface area contributed by atoms with E-state index in [0.29, 0.717) is 24.8 Å². The molecule has 4 rings (SSSR count). The zero-order valence-corrected chi connectivity index (χ0v) is 14.2. The van der Waals surface area contributed by atoms with Crippen LogP contribution < -0.4 is 11.1 Å². The van der Waals surface area contributed by atoms with Crippen LogP contribution in [0.2, 0.25) is 0 Å². The number of aromatic nitrogens is 2. The third-order valence-corrected chi connectivity index (χ3v) is 5.22. The summed E-state index contributed by atoms with van der Waals surface area (Å²) in [7, 11) is 0. The molecule has 1 aliphatic carbocycles. The Bertz CT molecular complexity index is 766. The fourth-order valence-corrected chi connectivity index (χ4v) is 3.69. The Hall–Kier alpha value is -2.41. The van der Waals surface area contributed by atoms with Gasteiger partial charge in [-0.25, -0.2) is 4.79 Å². The van der Waals surface area contributed by atoms with Crippen LogP contribution in [0.1, 0.15) is 48.5 Å². The molecule has 1 aromatic carbocycles. The summed E-state index contributed by atoms with van der Waals surface area (Å²) in [5, 5.41) is 6.88. The lowest BCUT2D eigenvalue weighted by Crippen LogP contribution is -2.42. The molecule has 7 nitrogen and oxygen atoms in total. The van der Waals surface area contributed by atoms with Crippen LogP contribution in [0, 0.1) is 0 Å². The smallest absolute Gasteiger partial charge is 0.318 e. The number of amides is 2. The minimum absolute atomic E-state index is 0.113. The molecule has 1 aromatic heterocycles. The Labute approximate surface area is 146 Å². The molecule has 0 bridgehead atoms. The Balaban J connectivity index is 1.34. The molecule has 0 atom stereocenters. The molecule has 0 unspecified atom stereocenters. The molecule has 0 saturated heterocycles. The number of carbonyl (C=O) groups excluding carboxylic acids is 1. The molecular formula is C18H23N5O2. The van der Waals surface area contributed by atoms with Crippen molar-refractivity contribution in [3.8, 4) is 0 Å². The maximum atomic E-state index is 12.4. The van der Waals surface area contributed by atoms with Crippen molar-refractivity contribution in [3.63, 3.8) is 0 Å². The predicted octanol–water partition coefficient (Wildman–Crippen LogP) is 2.07. The Morgan fingerprint density at radius 1 is 1.28 bits per heavy atom. The highest BCUT2D eigenvalue weighted by Crippen LogP contribution is 2.34. The molecule has 1 aliphatic heterocycles. The van der Waals surface area contributed by atoms with E-state index in [9.17, 15) is 4.79 Å². The van der Waals surface area contributed by atoms with Gasteiger partial charge < -0.3 is 20.5 Å². The first kappa shape index (κ1) is 16.1. The summed E-state index contributed by atoms with van der Waals surface area (Å²) in [4.78, 5) is 18.6. The third kappa shape index (κ3) is 3.24. The van der Waals surface area contributed by atoms with E-state index in [2.05, 4.69) is 27.6 Å². The fourth-order valence-electron chi connectivity index (χ4n) is 3.69. The van der Waals surface area contributed by atoms with Crippen molar-refractivity contribution in [1.29, 1.82) is 0 Å². The van der Waals surface area contributed by atoms with E-state index in [1.165, 1.54) is 11.1 Å². The molecule has 25 heavy (non-hydrogen) atoms. The summed E-state index contributed by atoms with van der Waals surface area (Å²) in [6.07, 6.45) is 4.82. The second-order valence-electron chi connectivity index (χ2n) is 6.97. The van der Waals surface area contributed by atoms with E-state index < -0.39 is 5.54 Å². The van der Waals surface area contributed by atoms with E-state index in [1.54, 1.807) is 4.90 Å². The SMILES string of the molecule is NC1(c2noc(CNC(=O)N3CCc4ccccc4C3)n2)CCCC1. The van der Waals surface area contributed by atoms with Crippen LogP contribution in [0.4, 0.5) is 4.79 Å². The van der Waals surface area contributed by atoms with Gasteiger partial charge in [0.1, 0.15) is 0 Å². The molecule has 132 valence electrons. The molecule has 3 N–H and O–H groups in total. The number of rotatable bonds is 3. The van der Waals surface area contributed by atoms with Gasteiger partial charge in [0.2, 0.25) is 5.89 Å². The molecule has 0 spiro atoms. The van der Waals surface area contributed by atoms with Gasteiger partial charge in [0.25, 0.3) is 0 Å². The number of hydrogen-bond donors (Lipinski definition) is 2. The lowest BCUT2D eigenvalue weighted by molar-refractivity contribution is 0.190. The van der Waals surface area contributed by atoms with Gasteiger partial charge in [0.05, 0.1) is 12.1 Å². The van der Waals surface area contributed by atoms with Crippen LogP contribution in [0.15, 0.2) is 28.8 Å². The van der Waals surface area contributed by atoms with E-state index in [-0.39, 0.29) is 12.6 Å². The maximum absolute atomic E-state index is 12.4. The van der Waals surface area contributed by atoms with Crippen molar-refractivity contribution < 1.29 is 9.32 Å². The highest BCUT2D eigenvalue weighted by Gasteiger charge is 2.36. The zero-order valence-electron chi connectivity index (χ0n) is 14.2. The van der Waals surface area contributed by atoms with Gasteiger partial charge in [0, 0.05) is 13.1 Å². The predicted molar refractivity (Wildman–Crippen MR) is 91.4 cm³/mol. The molecule has 2 heterocycles. The first-order valence-corrected chi connectivity index (χ1v) is 8.86. The van der Waals surface area contributed by atoms with Gasteiger partial charge in [-0.3, -0.25) is 0 Å². The summed E-state index contributed by atoms with van der Waals surface area (Å²) in [5.74, 6) is 0.957. The quantitative estimate of drug-likeness (QED) is 0.891. The number of fused-ring (bicyclic) bond motifs is 1. The van der Waals surface area contributed by atoms with Crippen LogP contribution in [0.3, 0.4) is 0 Å². The van der Waals surface area contributed by atoms with E-state index in [4.69, 9.17) is 10.3 Å². The topological polar surface area (TPSA) is 97.3 Å². The average molecular weight is 341 g/mol. The number of nitrogens with zero attached hydrogens (tertiary/aromatic N) is 3. The van der Waals surface area contributed by atoms with Crippen LogP contribution in [-0.2, 0) is 25.0 Å². The normalized spacial score (nSPS) is 18.8. The van der Waals surface area contributed by atoms with Gasteiger partial charge in [0.15, 0.2) is 5.82 Å². The number of nitrogens with two attached hydrogens (primary N) is 1.